The van der Waals surface area contributed by atoms with Gasteiger partial charge in [0.2, 0.25) is 0 Å². The molecule has 0 aliphatic heterocycles. The first-order chi connectivity index (χ1) is 8.66. The molecule has 18 heavy (non-hydrogen) atoms. The average molecular weight is 243 g/mol. The molecular weight excluding hydrogens is 222 g/mol. The van der Waals surface area contributed by atoms with Gasteiger partial charge in [0.1, 0.15) is 0 Å². The molecule has 0 radical (unpaired) electrons. The fourth-order valence-corrected chi connectivity index (χ4v) is 2.16. The highest BCUT2D eigenvalue weighted by Gasteiger charge is 2.06. The number of rotatable bonds is 5. The monoisotopic (exact) mass is 243 g/mol. The molecule has 1 aromatic carbocycles. The Morgan fingerprint density at radius 3 is 2.56 bits per heavy atom. The second-order valence-corrected chi connectivity index (χ2v) is 4.88. The van der Waals surface area contributed by atoms with Crippen LogP contribution in [0.5, 0.6) is 0 Å². The molecule has 0 saturated carbocycles. The molecule has 1 aromatic heterocycles. The lowest BCUT2D eigenvalue weighted by Gasteiger charge is -2.16. The number of benzene rings is 1. The Kier molecular flexibility index (Phi) is 4.15. The Morgan fingerprint density at radius 1 is 1.22 bits per heavy atom. The third kappa shape index (κ3) is 3.20. The summed E-state index contributed by atoms with van der Waals surface area (Å²) >= 11 is 0. The molecule has 0 spiro atoms. The Labute approximate surface area is 109 Å². The van der Waals surface area contributed by atoms with Crippen molar-refractivity contribution in [1.29, 1.82) is 0 Å². The van der Waals surface area contributed by atoms with Crippen molar-refractivity contribution in [3.05, 3.63) is 53.3 Å². The minimum Gasteiger partial charge on any atom is -0.308 e. The minimum absolute atomic E-state index is 0.406. The summed E-state index contributed by atoms with van der Waals surface area (Å²) in [5.74, 6) is 0. The van der Waals surface area contributed by atoms with E-state index in [1.807, 2.05) is 23.1 Å². The summed E-state index contributed by atoms with van der Waals surface area (Å²) in [7, 11) is 0. The van der Waals surface area contributed by atoms with Crippen molar-refractivity contribution in [2.75, 3.05) is 0 Å². The molecule has 1 atom stereocenters. The van der Waals surface area contributed by atoms with Crippen LogP contribution in [-0.2, 0) is 13.1 Å². The minimum atomic E-state index is 0.406. The van der Waals surface area contributed by atoms with E-state index in [4.69, 9.17) is 0 Å². The Morgan fingerprint density at radius 2 is 1.94 bits per heavy atom. The van der Waals surface area contributed by atoms with Crippen LogP contribution in [0, 0.1) is 13.8 Å². The topological polar surface area (TPSA) is 29.9 Å². The molecule has 0 aliphatic carbocycles. The molecule has 0 aliphatic rings. The summed E-state index contributed by atoms with van der Waals surface area (Å²) in [6.07, 6.45) is 3.81. The van der Waals surface area contributed by atoms with Crippen molar-refractivity contribution in [2.24, 2.45) is 0 Å². The second kappa shape index (κ2) is 5.83. The van der Waals surface area contributed by atoms with Crippen LogP contribution in [0.4, 0.5) is 0 Å². The van der Waals surface area contributed by atoms with Gasteiger partial charge in [-0.3, -0.25) is 4.68 Å². The highest BCUT2D eigenvalue weighted by Crippen LogP contribution is 2.12. The number of hydrogen-bond acceptors (Lipinski definition) is 2. The molecule has 3 heteroatoms. The van der Waals surface area contributed by atoms with Crippen LogP contribution in [0.1, 0.15) is 23.6 Å². The van der Waals surface area contributed by atoms with E-state index in [0.29, 0.717) is 6.04 Å². The van der Waals surface area contributed by atoms with Crippen LogP contribution in [-0.4, -0.2) is 15.8 Å². The van der Waals surface area contributed by atoms with Crippen molar-refractivity contribution >= 4 is 0 Å². The molecule has 0 amide bonds. The van der Waals surface area contributed by atoms with Gasteiger partial charge in [-0.05, 0) is 43.5 Å². The van der Waals surface area contributed by atoms with Gasteiger partial charge < -0.3 is 5.32 Å². The predicted molar refractivity (Wildman–Crippen MR) is 74.4 cm³/mol. The van der Waals surface area contributed by atoms with Crippen LogP contribution < -0.4 is 5.32 Å². The molecule has 96 valence electrons. The molecule has 0 fully saturated rings. The zero-order chi connectivity index (χ0) is 13.0. The summed E-state index contributed by atoms with van der Waals surface area (Å²) in [6, 6.07) is 8.81. The van der Waals surface area contributed by atoms with Gasteiger partial charge in [-0.1, -0.05) is 18.2 Å². The van der Waals surface area contributed by atoms with Crippen LogP contribution in [0.25, 0.3) is 0 Å². The second-order valence-electron chi connectivity index (χ2n) is 4.88. The maximum atomic E-state index is 4.22. The number of nitrogens with one attached hydrogen (secondary N) is 1. The number of hydrogen-bond donors (Lipinski definition) is 1. The predicted octanol–water partition coefficient (Wildman–Crippen LogP) is 2.68. The molecule has 2 rings (SSSR count). The fraction of sp³-hybridized carbons (Fsp3) is 0.400. The number of aromatic nitrogens is 2. The quantitative estimate of drug-likeness (QED) is 0.875. The van der Waals surface area contributed by atoms with Gasteiger partial charge in [0, 0.05) is 25.0 Å². The third-order valence-electron chi connectivity index (χ3n) is 3.29. The molecule has 1 heterocycles. The summed E-state index contributed by atoms with van der Waals surface area (Å²) in [4.78, 5) is 0. The van der Waals surface area contributed by atoms with Crippen LogP contribution >= 0.6 is 0 Å². The smallest absolute Gasteiger partial charge is 0.0560 e. The van der Waals surface area contributed by atoms with E-state index in [0.717, 1.165) is 13.1 Å². The first kappa shape index (κ1) is 12.8. The van der Waals surface area contributed by atoms with Crippen molar-refractivity contribution in [3.63, 3.8) is 0 Å². The molecule has 3 nitrogen and oxygen atoms in total. The lowest BCUT2D eigenvalue weighted by atomic mass is 10.0. The van der Waals surface area contributed by atoms with Crippen LogP contribution in [0.3, 0.4) is 0 Å². The maximum Gasteiger partial charge on any atom is 0.0560 e. The highest BCUT2D eigenvalue weighted by molar-refractivity contribution is 5.33. The highest BCUT2D eigenvalue weighted by atomic mass is 15.3. The van der Waals surface area contributed by atoms with Crippen LogP contribution in [0.2, 0.25) is 0 Å². The standard InChI is InChI=1S/C15H21N3/c1-12-6-4-7-13(2)15(12)10-16-14(3)11-18-9-5-8-17-18/h4-9,14,16H,10-11H2,1-3H3. The van der Waals surface area contributed by atoms with Crippen molar-refractivity contribution in [1.82, 2.24) is 15.1 Å². The van der Waals surface area contributed by atoms with Crippen molar-refractivity contribution < 1.29 is 0 Å². The molecule has 2 aromatic rings. The summed E-state index contributed by atoms with van der Waals surface area (Å²) in [5.41, 5.74) is 4.12. The number of aryl methyl sites for hydroxylation is 2. The molecule has 1 N–H and O–H groups in total. The van der Waals surface area contributed by atoms with Gasteiger partial charge in [-0.25, -0.2) is 0 Å². The lowest BCUT2D eigenvalue weighted by molar-refractivity contribution is 0.450. The van der Waals surface area contributed by atoms with E-state index < -0.39 is 0 Å². The van der Waals surface area contributed by atoms with Gasteiger partial charge in [0.25, 0.3) is 0 Å². The molecule has 0 bridgehead atoms. The van der Waals surface area contributed by atoms with E-state index in [-0.39, 0.29) is 0 Å². The van der Waals surface area contributed by atoms with E-state index in [9.17, 15) is 0 Å². The zero-order valence-electron chi connectivity index (χ0n) is 11.4. The van der Waals surface area contributed by atoms with Gasteiger partial charge >= 0.3 is 0 Å². The SMILES string of the molecule is Cc1cccc(C)c1CNC(C)Cn1cccn1. The van der Waals surface area contributed by atoms with Gasteiger partial charge in [0.05, 0.1) is 6.54 Å². The normalized spacial score (nSPS) is 12.6. The summed E-state index contributed by atoms with van der Waals surface area (Å²) in [6.45, 7) is 8.35. The molecular formula is C15H21N3. The Bertz CT molecular complexity index is 468. The fourth-order valence-electron chi connectivity index (χ4n) is 2.16. The Hall–Kier alpha value is -1.61. The van der Waals surface area contributed by atoms with Gasteiger partial charge in [0.15, 0.2) is 0 Å². The van der Waals surface area contributed by atoms with E-state index in [1.54, 1.807) is 0 Å². The van der Waals surface area contributed by atoms with E-state index in [2.05, 4.69) is 49.4 Å². The van der Waals surface area contributed by atoms with E-state index >= 15 is 0 Å². The molecule has 0 saturated heterocycles. The largest absolute Gasteiger partial charge is 0.308 e. The first-order valence-electron chi connectivity index (χ1n) is 6.42. The van der Waals surface area contributed by atoms with Crippen molar-refractivity contribution in [3.8, 4) is 0 Å². The van der Waals surface area contributed by atoms with Gasteiger partial charge in [-0.2, -0.15) is 5.10 Å². The summed E-state index contributed by atoms with van der Waals surface area (Å²) < 4.78 is 1.96. The Balaban J connectivity index is 1.91. The molecule has 1 unspecified atom stereocenters. The lowest BCUT2D eigenvalue weighted by Crippen LogP contribution is -2.30. The van der Waals surface area contributed by atoms with E-state index in [1.165, 1.54) is 16.7 Å². The summed E-state index contributed by atoms with van der Waals surface area (Å²) in [5, 5.41) is 7.78. The zero-order valence-corrected chi connectivity index (χ0v) is 11.4. The maximum absolute atomic E-state index is 4.22. The average Bonchev–Trinajstić information content (AvgIpc) is 2.81. The van der Waals surface area contributed by atoms with Gasteiger partial charge in [-0.15, -0.1) is 0 Å². The van der Waals surface area contributed by atoms with Crippen LogP contribution in [0.15, 0.2) is 36.7 Å². The van der Waals surface area contributed by atoms with Crippen molar-refractivity contribution in [2.45, 2.75) is 39.9 Å². The first-order valence-corrected chi connectivity index (χ1v) is 6.42. The third-order valence-corrected chi connectivity index (χ3v) is 3.29. The number of nitrogens with zero attached hydrogens (tertiary/aromatic N) is 2.